The topological polar surface area (TPSA) is 0 Å². The first-order chi connectivity index (χ1) is 4.05. The number of hydrogen-bond acceptors (Lipinski definition) is 0. The Kier molecular flexibility index (Phi) is 1.55. The fourth-order valence-corrected chi connectivity index (χ4v) is 3.29. The maximum atomic E-state index is 2.47. The van der Waals surface area contributed by atoms with E-state index in [-0.39, 0.29) is 0 Å². The van der Waals surface area contributed by atoms with E-state index in [1.54, 1.807) is 0 Å². The summed E-state index contributed by atoms with van der Waals surface area (Å²) in [6.07, 6.45) is 4.77. The average Bonchev–Trinajstić information content (AvgIpc) is 1.96. The third-order valence-electron chi connectivity index (χ3n) is 3.04. The van der Waals surface area contributed by atoms with Crippen LogP contribution in [0.5, 0.6) is 0 Å². The summed E-state index contributed by atoms with van der Waals surface area (Å²) in [7, 11) is -0.858. The smallest absolute Gasteiger partial charge is 0.0605 e. The summed E-state index contributed by atoms with van der Waals surface area (Å²) in [4.78, 5) is 0. The Morgan fingerprint density at radius 2 is 1.33 bits per heavy atom. The first-order valence-electron chi connectivity index (χ1n) is 3.73. The lowest BCUT2D eigenvalue weighted by molar-refractivity contribution is 1.09. The van der Waals surface area contributed by atoms with Crippen LogP contribution in [0, 0.1) is 0 Å². The zero-order valence-corrected chi connectivity index (χ0v) is 7.81. The molecular weight excluding hydrogens is 124 g/mol. The van der Waals surface area contributed by atoms with Crippen LogP contribution in [-0.4, -0.2) is 8.07 Å². The normalized spacial score (nSPS) is 39.6. The van der Waals surface area contributed by atoms with Gasteiger partial charge >= 0.3 is 0 Å². The second-order valence-corrected chi connectivity index (χ2v) is 9.25. The monoisotopic (exact) mass is 140 g/mol. The van der Waals surface area contributed by atoms with Crippen molar-refractivity contribution in [1.29, 1.82) is 0 Å². The summed E-state index contributed by atoms with van der Waals surface area (Å²) < 4.78 is 0. The second kappa shape index (κ2) is 1.98. The van der Waals surface area contributed by atoms with E-state index < -0.39 is 8.07 Å². The van der Waals surface area contributed by atoms with Crippen molar-refractivity contribution in [2.75, 3.05) is 0 Å². The highest BCUT2D eigenvalue weighted by atomic mass is 28.3. The number of rotatable bonds is 0. The molecule has 1 rings (SSSR count). The van der Waals surface area contributed by atoms with Gasteiger partial charge in [-0.05, 0) is 11.1 Å². The van der Waals surface area contributed by atoms with Crippen molar-refractivity contribution in [2.24, 2.45) is 0 Å². The molecule has 0 aliphatic carbocycles. The van der Waals surface area contributed by atoms with Crippen LogP contribution < -0.4 is 0 Å². The molecule has 0 saturated heterocycles. The molecule has 0 unspecified atom stereocenters. The summed E-state index contributed by atoms with van der Waals surface area (Å²) in [5.74, 6) is 0. The highest BCUT2D eigenvalue weighted by Gasteiger charge is 2.35. The van der Waals surface area contributed by atoms with Crippen LogP contribution >= 0.6 is 0 Å². The van der Waals surface area contributed by atoms with Gasteiger partial charge in [0, 0.05) is 0 Å². The van der Waals surface area contributed by atoms with E-state index >= 15 is 0 Å². The molecule has 0 amide bonds. The molecule has 1 heterocycles. The van der Waals surface area contributed by atoms with Crippen molar-refractivity contribution in [3.63, 3.8) is 0 Å². The lowest BCUT2D eigenvalue weighted by Gasteiger charge is -2.26. The van der Waals surface area contributed by atoms with Gasteiger partial charge in [0.2, 0.25) is 0 Å². The predicted octanol–water partition coefficient (Wildman–Crippen LogP) is 3.04. The van der Waals surface area contributed by atoms with E-state index in [1.165, 1.54) is 0 Å². The fraction of sp³-hybridized carbons (Fsp3) is 0.750. The molecule has 0 bridgehead atoms. The van der Waals surface area contributed by atoms with Crippen LogP contribution in [0.3, 0.4) is 0 Å². The van der Waals surface area contributed by atoms with Crippen LogP contribution in [0.1, 0.15) is 13.8 Å². The molecule has 0 aromatic rings. The minimum atomic E-state index is -0.858. The maximum Gasteiger partial charge on any atom is 0.0605 e. The Labute approximate surface area is 59.0 Å². The second-order valence-electron chi connectivity index (χ2n) is 3.78. The zero-order valence-electron chi connectivity index (χ0n) is 6.81. The molecule has 0 fully saturated rings. The first kappa shape index (κ1) is 7.07. The van der Waals surface area contributed by atoms with Gasteiger partial charge in [-0.3, -0.25) is 0 Å². The minimum Gasteiger partial charge on any atom is -0.0884 e. The molecule has 0 saturated carbocycles. The molecule has 0 aromatic heterocycles. The summed E-state index contributed by atoms with van der Waals surface area (Å²) in [6, 6.07) is 0. The number of hydrogen-bond donors (Lipinski definition) is 0. The summed E-state index contributed by atoms with van der Waals surface area (Å²) in [6.45, 7) is 9.66. The van der Waals surface area contributed by atoms with Crippen LogP contribution in [0.4, 0.5) is 0 Å². The summed E-state index contributed by atoms with van der Waals surface area (Å²) in [5, 5.41) is 0. The van der Waals surface area contributed by atoms with Gasteiger partial charge in [-0.1, -0.05) is 39.1 Å². The van der Waals surface area contributed by atoms with Crippen LogP contribution in [0.25, 0.3) is 0 Å². The Morgan fingerprint density at radius 3 is 1.44 bits per heavy atom. The number of allylic oxidation sites excluding steroid dienone is 2. The van der Waals surface area contributed by atoms with Crippen LogP contribution in [0.2, 0.25) is 24.2 Å². The van der Waals surface area contributed by atoms with Crippen molar-refractivity contribution in [1.82, 2.24) is 0 Å². The van der Waals surface area contributed by atoms with Gasteiger partial charge in [0.25, 0.3) is 0 Å². The largest absolute Gasteiger partial charge is 0.0884 e. The highest BCUT2D eigenvalue weighted by Crippen LogP contribution is 2.40. The van der Waals surface area contributed by atoms with E-state index in [9.17, 15) is 0 Å². The van der Waals surface area contributed by atoms with Crippen molar-refractivity contribution < 1.29 is 0 Å². The van der Waals surface area contributed by atoms with Gasteiger partial charge in [0.1, 0.15) is 0 Å². The van der Waals surface area contributed by atoms with Gasteiger partial charge in [-0.25, -0.2) is 0 Å². The lowest BCUT2D eigenvalue weighted by Crippen LogP contribution is -2.30. The summed E-state index contributed by atoms with van der Waals surface area (Å²) >= 11 is 0. The average molecular weight is 140 g/mol. The Bertz CT molecular complexity index is 122. The van der Waals surface area contributed by atoms with Crippen LogP contribution in [0.15, 0.2) is 12.2 Å². The highest BCUT2D eigenvalue weighted by molar-refractivity contribution is 6.81. The van der Waals surface area contributed by atoms with Gasteiger partial charge < -0.3 is 0 Å². The molecule has 52 valence electrons. The third kappa shape index (κ3) is 0.982. The van der Waals surface area contributed by atoms with Gasteiger partial charge in [-0.2, -0.15) is 0 Å². The van der Waals surface area contributed by atoms with E-state index in [2.05, 4.69) is 39.1 Å². The molecule has 0 aromatic carbocycles. The summed E-state index contributed by atoms with van der Waals surface area (Å²) in [5.41, 5.74) is 1.79. The van der Waals surface area contributed by atoms with Gasteiger partial charge in [-0.15, -0.1) is 0 Å². The Hall–Kier alpha value is -0.0431. The fourth-order valence-electron chi connectivity index (χ4n) is 1.24. The standard InChI is InChI=1S/C8H16Si/c1-7-5-6-8(2)9(7,3)4/h5-8H,1-4H3/t7-,8+. The molecule has 1 heteroatoms. The molecule has 0 N–H and O–H groups in total. The van der Waals surface area contributed by atoms with E-state index in [0.29, 0.717) is 0 Å². The molecule has 1 aliphatic heterocycles. The molecular formula is C8H16Si. The third-order valence-corrected chi connectivity index (χ3v) is 8.11. The molecule has 0 spiro atoms. The van der Waals surface area contributed by atoms with E-state index in [1.807, 2.05) is 0 Å². The van der Waals surface area contributed by atoms with Crippen LogP contribution in [-0.2, 0) is 0 Å². The molecule has 9 heavy (non-hydrogen) atoms. The first-order valence-corrected chi connectivity index (χ1v) is 6.89. The van der Waals surface area contributed by atoms with Crippen molar-refractivity contribution in [2.45, 2.75) is 38.0 Å². The Morgan fingerprint density at radius 1 is 1.00 bits per heavy atom. The van der Waals surface area contributed by atoms with Crippen molar-refractivity contribution in [3.05, 3.63) is 12.2 Å². The quantitative estimate of drug-likeness (QED) is 0.358. The maximum absolute atomic E-state index is 2.47. The minimum absolute atomic E-state index is 0.858. The molecule has 0 nitrogen and oxygen atoms in total. The van der Waals surface area contributed by atoms with E-state index in [4.69, 9.17) is 0 Å². The Balaban J connectivity index is 2.76. The SMILES string of the molecule is C[C@@H]1C=C[C@H](C)[Si]1(C)C. The van der Waals surface area contributed by atoms with Gasteiger partial charge in [0.05, 0.1) is 8.07 Å². The zero-order chi connectivity index (χ0) is 7.07. The predicted molar refractivity (Wildman–Crippen MR) is 45.5 cm³/mol. The van der Waals surface area contributed by atoms with Crippen molar-refractivity contribution in [3.8, 4) is 0 Å². The molecule has 2 atom stereocenters. The van der Waals surface area contributed by atoms with Gasteiger partial charge in [0.15, 0.2) is 0 Å². The van der Waals surface area contributed by atoms with E-state index in [0.717, 1.165) is 11.1 Å². The molecule has 0 radical (unpaired) electrons. The van der Waals surface area contributed by atoms with Crippen molar-refractivity contribution >= 4 is 8.07 Å². The molecule has 1 aliphatic rings. The lowest BCUT2D eigenvalue weighted by atomic mass is 10.4.